The quantitative estimate of drug-likeness (QED) is 0.199. The normalized spacial score (nSPS) is 10.7. The molecule has 0 atom stereocenters. The molecule has 5 N–H and O–H groups in total. The van der Waals surface area contributed by atoms with Crippen LogP contribution in [0.4, 0.5) is 11.4 Å². The van der Waals surface area contributed by atoms with E-state index in [4.69, 9.17) is 5.73 Å². The van der Waals surface area contributed by atoms with Crippen LogP contribution < -0.4 is 21.1 Å². The zero-order valence-electron chi connectivity index (χ0n) is 20.0. The van der Waals surface area contributed by atoms with Crippen molar-refractivity contribution in [2.45, 2.75) is 20.8 Å². The molecule has 4 aromatic rings. The van der Waals surface area contributed by atoms with Gasteiger partial charge in [0, 0.05) is 30.9 Å². The Balaban J connectivity index is 1.71. The number of anilines is 2. The molecule has 0 aliphatic carbocycles. The minimum atomic E-state index is -0.590. The molecule has 1 heterocycles. The Morgan fingerprint density at radius 1 is 0.914 bits per heavy atom. The van der Waals surface area contributed by atoms with Crippen molar-refractivity contribution >= 4 is 23.2 Å². The number of aromatic amines is 1. The Morgan fingerprint density at radius 2 is 1.57 bits per heavy atom. The van der Waals surface area contributed by atoms with Crippen LogP contribution in [0.3, 0.4) is 0 Å². The molecule has 8 heteroatoms. The van der Waals surface area contributed by atoms with Gasteiger partial charge in [-0.05, 0) is 72.5 Å². The lowest BCUT2D eigenvalue weighted by atomic mass is 9.94. The minimum Gasteiger partial charge on any atom is -0.710 e. The summed E-state index contributed by atoms with van der Waals surface area (Å²) in [5, 5.41) is 18.5. The number of hydrogen-bond donors (Lipinski definition) is 4. The van der Waals surface area contributed by atoms with E-state index in [9.17, 15) is 14.8 Å². The summed E-state index contributed by atoms with van der Waals surface area (Å²) in [6, 6.07) is 18.0. The Labute approximate surface area is 203 Å². The van der Waals surface area contributed by atoms with Gasteiger partial charge < -0.3 is 21.6 Å². The molecule has 0 aliphatic heterocycles. The Hall–Kier alpha value is -4.59. The van der Waals surface area contributed by atoms with Crippen LogP contribution in [0.2, 0.25) is 0 Å². The maximum Gasteiger partial charge on any atom is 0.300 e. The number of H-pyrrole nitrogens is 1. The van der Waals surface area contributed by atoms with Gasteiger partial charge >= 0.3 is 0 Å². The average molecular weight is 470 g/mol. The maximum atomic E-state index is 13.3. The van der Waals surface area contributed by atoms with Gasteiger partial charge in [-0.25, -0.2) is 9.71 Å². The fraction of sp³-hybridized carbons (Fsp3) is 0.148. The van der Waals surface area contributed by atoms with Crippen LogP contribution in [0.1, 0.15) is 37.7 Å². The van der Waals surface area contributed by atoms with Gasteiger partial charge in [-0.2, -0.15) is 0 Å². The van der Waals surface area contributed by atoms with Crippen molar-refractivity contribution in [1.29, 1.82) is 0 Å². The summed E-state index contributed by atoms with van der Waals surface area (Å²) in [5.41, 5.74) is 12.5. The lowest BCUT2D eigenvalue weighted by Gasteiger charge is -2.13. The third kappa shape index (κ3) is 4.59. The summed E-state index contributed by atoms with van der Waals surface area (Å²) in [4.78, 5) is 28.0. The van der Waals surface area contributed by atoms with Crippen LogP contribution in [-0.4, -0.2) is 23.8 Å². The first kappa shape index (κ1) is 23.6. The van der Waals surface area contributed by atoms with Gasteiger partial charge in [-0.1, -0.05) is 24.3 Å². The standard InChI is InChI=1S/C27H27N5O3/c1-15-7-5-8-16(2)23(15)19-11-20(13-21(28)12-19)25-30-17(3)24(32(25)35)27(34)31-22-10-6-9-18(14-22)26(33)29-4/h5-14,30H,28H2,1-4H3,(H,29,33)(H,31,34). The molecule has 8 nitrogen and oxygen atoms in total. The number of rotatable bonds is 5. The van der Waals surface area contributed by atoms with E-state index in [0.717, 1.165) is 22.3 Å². The van der Waals surface area contributed by atoms with E-state index in [-0.39, 0.29) is 17.4 Å². The molecule has 2 amide bonds. The van der Waals surface area contributed by atoms with Gasteiger partial charge in [-0.3, -0.25) is 9.59 Å². The van der Waals surface area contributed by atoms with Crippen molar-refractivity contribution in [2.75, 3.05) is 18.1 Å². The molecule has 0 aliphatic rings. The maximum absolute atomic E-state index is 13.3. The topological polar surface area (TPSA) is 127 Å². The van der Waals surface area contributed by atoms with E-state index in [0.29, 0.717) is 32.9 Å². The van der Waals surface area contributed by atoms with Crippen molar-refractivity contribution in [3.8, 4) is 22.5 Å². The number of aromatic nitrogens is 2. The number of hydrogen-bond acceptors (Lipinski definition) is 4. The molecule has 0 saturated carbocycles. The molecule has 0 radical (unpaired) electrons. The summed E-state index contributed by atoms with van der Waals surface area (Å²) in [6.07, 6.45) is 0. The highest BCUT2D eigenvalue weighted by molar-refractivity contribution is 6.04. The zero-order chi connectivity index (χ0) is 25.3. The number of carbonyl (C=O) groups excluding carboxylic acids is 2. The second-order valence-electron chi connectivity index (χ2n) is 8.47. The highest BCUT2D eigenvalue weighted by Gasteiger charge is 2.26. The molecule has 35 heavy (non-hydrogen) atoms. The minimum absolute atomic E-state index is 0.0682. The smallest absolute Gasteiger partial charge is 0.300 e. The summed E-state index contributed by atoms with van der Waals surface area (Å²) in [5.74, 6) is -0.652. The summed E-state index contributed by atoms with van der Waals surface area (Å²) < 4.78 is 0.580. The number of nitrogens with zero attached hydrogens (tertiary/aromatic N) is 1. The molecule has 3 aromatic carbocycles. The van der Waals surface area contributed by atoms with E-state index < -0.39 is 5.91 Å². The van der Waals surface area contributed by atoms with Crippen molar-refractivity contribution in [3.63, 3.8) is 0 Å². The second kappa shape index (κ2) is 9.34. The Bertz CT molecular complexity index is 1440. The number of aryl methyl sites for hydroxylation is 3. The van der Waals surface area contributed by atoms with Crippen molar-refractivity contribution < 1.29 is 14.3 Å². The van der Waals surface area contributed by atoms with E-state index in [2.05, 4.69) is 15.6 Å². The molecule has 1 aromatic heterocycles. The van der Waals surface area contributed by atoms with Gasteiger partial charge in [0.1, 0.15) is 0 Å². The lowest BCUT2D eigenvalue weighted by molar-refractivity contribution is -0.594. The molecule has 4 rings (SSSR count). The lowest BCUT2D eigenvalue weighted by Crippen LogP contribution is -2.36. The monoisotopic (exact) mass is 469 g/mol. The summed E-state index contributed by atoms with van der Waals surface area (Å²) in [6.45, 7) is 5.71. The van der Waals surface area contributed by atoms with Crippen LogP contribution >= 0.6 is 0 Å². The third-order valence-corrected chi connectivity index (χ3v) is 5.89. The highest BCUT2D eigenvalue weighted by atomic mass is 16.5. The number of amides is 2. The number of benzene rings is 3. The first-order valence-electron chi connectivity index (χ1n) is 11.1. The number of nitrogens with two attached hydrogens (primary N) is 1. The Kier molecular flexibility index (Phi) is 6.29. The van der Waals surface area contributed by atoms with Crippen molar-refractivity contribution in [1.82, 2.24) is 10.3 Å². The van der Waals surface area contributed by atoms with Gasteiger partial charge in [-0.15, -0.1) is 0 Å². The molecule has 178 valence electrons. The largest absolute Gasteiger partial charge is 0.710 e. The fourth-order valence-corrected chi connectivity index (χ4v) is 4.28. The van der Waals surface area contributed by atoms with Crippen molar-refractivity contribution in [2.24, 2.45) is 0 Å². The Morgan fingerprint density at radius 3 is 2.26 bits per heavy atom. The first-order valence-corrected chi connectivity index (χ1v) is 11.1. The molecule has 0 spiro atoms. The van der Waals surface area contributed by atoms with E-state index in [1.807, 2.05) is 44.2 Å². The van der Waals surface area contributed by atoms with E-state index in [1.54, 1.807) is 37.3 Å². The van der Waals surface area contributed by atoms with Crippen LogP contribution in [0.5, 0.6) is 0 Å². The molecule has 0 bridgehead atoms. The SMILES string of the molecule is CNC(=O)c1cccc(NC(=O)c2c(C)[nH]c(-c3cc(N)cc(-c4c(C)cccc4C)c3)[n+]2[O-])c1. The highest BCUT2D eigenvalue weighted by Crippen LogP contribution is 2.32. The average Bonchev–Trinajstić information content (AvgIpc) is 3.12. The van der Waals surface area contributed by atoms with Crippen molar-refractivity contribution in [3.05, 3.63) is 93.9 Å². The summed E-state index contributed by atoms with van der Waals surface area (Å²) >= 11 is 0. The number of nitrogens with one attached hydrogen (secondary N) is 3. The van der Waals surface area contributed by atoms with Crippen LogP contribution in [0, 0.1) is 26.0 Å². The van der Waals surface area contributed by atoms with E-state index >= 15 is 0 Å². The second-order valence-corrected chi connectivity index (χ2v) is 8.47. The summed E-state index contributed by atoms with van der Waals surface area (Å²) in [7, 11) is 1.53. The van der Waals surface area contributed by atoms with Gasteiger partial charge in [0.25, 0.3) is 17.6 Å². The van der Waals surface area contributed by atoms with E-state index in [1.165, 1.54) is 7.05 Å². The zero-order valence-corrected chi connectivity index (χ0v) is 20.0. The molecule has 0 unspecified atom stereocenters. The molecule has 0 saturated heterocycles. The van der Waals surface area contributed by atoms with Crippen LogP contribution in [0.25, 0.3) is 22.5 Å². The van der Waals surface area contributed by atoms with Crippen LogP contribution in [-0.2, 0) is 0 Å². The third-order valence-electron chi connectivity index (χ3n) is 5.89. The molecular formula is C27H27N5O3. The number of imidazole rings is 1. The first-order chi connectivity index (χ1) is 16.7. The van der Waals surface area contributed by atoms with Gasteiger partial charge in [0.15, 0.2) is 5.69 Å². The predicted molar refractivity (Wildman–Crippen MR) is 137 cm³/mol. The number of nitrogen functional groups attached to an aromatic ring is 1. The predicted octanol–water partition coefficient (Wildman–Crippen LogP) is 4.10. The molecule has 0 fully saturated rings. The van der Waals surface area contributed by atoms with Gasteiger partial charge in [0.2, 0.25) is 5.69 Å². The number of carbonyl (C=O) groups is 2. The molecular weight excluding hydrogens is 442 g/mol. The van der Waals surface area contributed by atoms with Gasteiger partial charge in [0.05, 0.1) is 5.56 Å². The van der Waals surface area contributed by atoms with Crippen LogP contribution in [0.15, 0.2) is 60.7 Å². The fourth-order valence-electron chi connectivity index (χ4n) is 4.28.